The molecule has 2 aromatic heterocycles. The van der Waals surface area contributed by atoms with Gasteiger partial charge in [0.25, 0.3) is 0 Å². The van der Waals surface area contributed by atoms with Gasteiger partial charge < -0.3 is 4.57 Å². The number of carbonyl (C=O) groups excluding carboxylic acids is 1. The van der Waals surface area contributed by atoms with E-state index >= 15 is 0 Å². The number of nitrogens with zero attached hydrogens (tertiary/aromatic N) is 2. The zero-order valence-corrected chi connectivity index (χ0v) is 11.6. The van der Waals surface area contributed by atoms with Crippen molar-refractivity contribution >= 4 is 17.1 Å². The van der Waals surface area contributed by atoms with Gasteiger partial charge in [-0.25, -0.2) is 4.98 Å². The van der Waals surface area contributed by atoms with Gasteiger partial charge >= 0.3 is 0 Å². The molecule has 0 saturated heterocycles. The third-order valence-electron chi connectivity index (χ3n) is 2.86. The lowest BCUT2D eigenvalue weighted by molar-refractivity contribution is 0.0982. The smallest absolute Gasteiger partial charge is 0.172 e. The molecule has 18 heavy (non-hydrogen) atoms. The normalized spacial score (nSPS) is 11.1. The van der Waals surface area contributed by atoms with Crippen LogP contribution in [0.1, 0.15) is 48.1 Å². The van der Waals surface area contributed by atoms with Gasteiger partial charge in [0.2, 0.25) is 0 Å². The lowest BCUT2D eigenvalue weighted by Gasteiger charge is -2.09. The molecule has 96 valence electrons. The molecule has 0 unspecified atom stereocenters. The molecule has 2 rings (SSSR count). The van der Waals surface area contributed by atoms with Crippen LogP contribution in [0.5, 0.6) is 0 Å². The number of aryl methyl sites for hydroxylation is 1. The summed E-state index contributed by atoms with van der Waals surface area (Å²) in [6, 6.07) is 3.81. The molecule has 3 nitrogen and oxygen atoms in total. The van der Waals surface area contributed by atoms with Gasteiger partial charge in [0, 0.05) is 31.3 Å². The molecule has 0 radical (unpaired) electrons. The Labute approximate surface area is 111 Å². The van der Waals surface area contributed by atoms with Gasteiger partial charge in [-0.15, -0.1) is 11.3 Å². The summed E-state index contributed by atoms with van der Waals surface area (Å²) >= 11 is 1.52. The highest BCUT2D eigenvalue weighted by Gasteiger charge is 2.09. The van der Waals surface area contributed by atoms with Crippen LogP contribution in [0.25, 0.3) is 0 Å². The molecule has 0 amide bonds. The van der Waals surface area contributed by atoms with E-state index in [9.17, 15) is 4.79 Å². The third-order valence-corrected chi connectivity index (χ3v) is 3.77. The molecule has 0 atom stereocenters. The van der Waals surface area contributed by atoms with Crippen LogP contribution < -0.4 is 0 Å². The fourth-order valence-electron chi connectivity index (χ4n) is 1.98. The number of ketones is 1. The summed E-state index contributed by atoms with van der Waals surface area (Å²) < 4.78 is 2.15. The van der Waals surface area contributed by atoms with Crippen molar-refractivity contribution in [1.82, 2.24) is 9.55 Å². The maximum absolute atomic E-state index is 11.8. The average Bonchev–Trinajstić information content (AvgIpc) is 2.99. The van der Waals surface area contributed by atoms with Crippen molar-refractivity contribution in [3.8, 4) is 0 Å². The second kappa shape index (κ2) is 5.96. The minimum Gasteiger partial charge on any atom is -0.335 e. The summed E-state index contributed by atoms with van der Waals surface area (Å²) in [4.78, 5) is 17.0. The zero-order chi connectivity index (χ0) is 13.0. The van der Waals surface area contributed by atoms with E-state index in [-0.39, 0.29) is 5.78 Å². The van der Waals surface area contributed by atoms with Crippen LogP contribution in [0, 0.1) is 0 Å². The Kier molecular flexibility index (Phi) is 4.31. The van der Waals surface area contributed by atoms with Gasteiger partial charge in [-0.2, -0.15) is 0 Å². The Morgan fingerprint density at radius 2 is 2.33 bits per heavy atom. The first-order valence-electron chi connectivity index (χ1n) is 6.26. The summed E-state index contributed by atoms with van der Waals surface area (Å²) in [6.45, 7) is 5.13. The quantitative estimate of drug-likeness (QED) is 0.743. The molecule has 0 bridgehead atoms. The number of hydrogen-bond acceptors (Lipinski definition) is 3. The first kappa shape index (κ1) is 13.0. The van der Waals surface area contributed by atoms with Crippen molar-refractivity contribution in [3.63, 3.8) is 0 Å². The SMILES string of the molecule is CC(C)c1nccn1CCCC(=O)c1cccs1. The summed E-state index contributed by atoms with van der Waals surface area (Å²) in [6.07, 6.45) is 5.30. The molecule has 2 aromatic rings. The van der Waals surface area contributed by atoms with Crippen LogP contribution in [0.4, 0.5) is 0 Å². The summed E-state index contributed by atoms with van der Waals surface area (Å²) in [5, 5.41) is 1.94. The zero-order valence-electron chi connectivity index (χ0n) is 10.8. The molecule has 0 aliphatic rings. The number of carbonyl (C=O) groups is 1. The van der Waals surface area contributed by atoms with E-state index in [0.717, 1.165) is 23.7 Å². The van der Waals surface area contributed by atoms with E-state index in [1.54, 1.807) is 0 Å². The van der Waals surface area contributed by atoms with Crippen LogP contribution in [-0.4, -0.2) is 15.3 Å². The van der Waals surface area contributed by atoms with Crippen molar-refractivity contribution in [3.05, 3.63) is 40.6 Å². The van der Waals surface area contributed by atoms with Gasteiger partial charge in [0.05, 0.1) is 4.88 Å². The van der Waals surface area contributed by atoms with Crippen molar-refractivity contribution in [1.29, 1.82) is 0 Å². The third kappa shape index (κ3) is 3.07. The molecule has 0 N–H and O–H groups in total. The van der Waals surface area contributed by atoms with Crippen LogP contribution >= 0.6 is 11.3 Å². The lowest BCUT2D eigenvalue weighted by Crippen LogP contribution is -2.06. The number of thiophene rings is 1. The van der Waals surface area contributed by atoms with E-state index in [1.807, 2.05) is 29.9 Å². The Morgan fingerprint density at radius 1 is 1.50 bits per heavy atom. The van der Waals surface area contributed by atoms with Gasteiger partial charge in [-0.1, -0.05) is 19.9 Å². The predicted octanol–water partition coefficient (Wildman–Crippen LogP) is 3.73. The van der Waals surface area contributed by atoms with Crippen LogP contribution in [0.3, 0.4) is 0 Å². The van der Waals surface area contributed by atoms with Crippen LogP contribution in [-0.2, 0) is 6.54 Å². The van der Waals surface area contributed by atoms with E-state index in [1.165, 1.54) is 11.3 Å². The summed E-state index contributed by atoms with van der Waals surface area (Å²) in [7, 11) is 0. The Bertz CT molecular complexity index is 500. The standard InChI is InChI=1S/C14H18N2OS/c1-11(2)14-15-7-9-16(14)8-3-5-12(17)13-6-4-10-18-13/h4,6-7,9-11H,3,5,8H2,1-2H3. The molecule has 0 aliphatic carbocycles. The van der Waals surface area contributed by atoms with E-state index in [2.05, 4.69) is 23.4 Å². The van der Waals surface area contributed by atoms with Gasteiger partial charge in [-0.05, 0) is 17.9 Å². The van der Waals surface area contributed by atoms with E-state index in [4.69, 9.17) is 0 Å². The number of imidazole rings is 1. The molecule has 0 fully saturated rings. The monoisotopic (exact) mass is 262 g/mol. The predicted molar refractivity (Wildman–Crippen MR) is 74.2 cm³/mol. The minimum absolute atomic E-state index is 0.246. The highest BCUT2D eigenvalue weighted by atomic mass is 32.1. The van der Waals surface area contributed by atoms with Gasteiger partial charge in [-0.3, -0.25) is 4.79 Å². The molecule has 0 spiro atoms. The van der Waals surface area contributed by atoms with Crippen molar-refractivity contribution < 1.29 is 4.79 Å². The van der Waals surface area contributed by atoms with Crippen molar-refractivity contribution in [2.75, 3.05) is 0 Å². The maximum atomic E-state index is 11.8. The first-order valence-corrected chi connectivity index (χ1v) is 7.14. The molecule has 2 heterocycles. The highest BCUT2D eigenvalue weighted by Crippen LogP contribution is 2.15. The molecule has 4 heteroatoms. The summed E-state index contributed by atoms with van der Waals surface area (Å²) in [5.74, 6) is 1.77. The number of hydrogen-bond donors (Lipinski definition) is 0. The van der Waals surface area contributed by atoms with Crippen molar-refractivity contribution in [2.45, 2.75) is 39.2 Å². The fraction of sp³-hybridized carbons (Fsp3) is 0.429. The van der Waals surface area contributed by atoms with Gasteiger partial charge in [0.1, 0.15) is 5.82 Å². The summed E-state index contributed by atoms with van der Waals surface area (Å²) in [5.41, 5.74) is 0. The molecule has 0 aromatic carbocycles. The molecule has 0 saturated carbocycles. The van der Waals surface area contributed by atoms with Gasteiger partial charge in [0.15, 0.2) is 5.78 Å². The lowest BCUT2D eigenvalue weighted by atomic mass is 10.2. The Hall–Kier alpha value is -1.42. The van der Waals surface area contributed by atoms with E-state index < -0.39 is 0 Å². The molecule has 0 aliphatic heterocycles. The highest BCUT2D eigenvalue weighted by molar-refractivity contribution is 7.12. The maximum Gasteiger partial charge on any atom is 0.172 e. The topological polar surface area (TPSA) is 34.9 Å². The van der Waals surface area contributed by atoms with Crippen molar-refractivity contribution in [2.24, 2.45) is 0 Å². The minimum atomic E-state index is 0.246. The number of Topliss-reactive ketones (excluding diaryl/α,β-unsaturated/α-hetero) is 1. The first-order chi connectivity index (χ1) is 8.68. The average molecular weight is 262 g/mol. The second-order valence-electron chi connectivity index (χ2n) is 4.64. The Morgan fingerprint density at radius 3 is 3.00 bits per heavy atom. The van der Waals surface area contributed by atoms with E-state index in [0.29, 0.717) is 12.3 Å². The Balaban J connectivity index is 1.85. The largest absolute Gasteiger partial charge is 0.335 e. The molecular weight excluding hydrogens is 244 g/mol. The van der Waals surface area contributed by atoms with Crippen LogP contribution in [0.2, 0.25) is 0 Å². The number of rotatable bonds is 6. The molecular formula is C14H18N2OS. The number of aromatic nitrogens is 2. The van der Waals surface area contributed by atoms with Crippen LogP contribution in [0.15, 0.2) is 29.9 Å². The second-order valence-corrected chi connectivity index (χ2v) is 5.59. The fourth-order valence-corrected chi connectivity index (χ4v) is 2.68.